The van der Waals surface area contributed by atoms with E-state index in [1.807, 2.05) is 30.6 Å². The molecule has 0 unspecified atom stereocenters. The molecule has 0 N–H and O–H groups in total. The van der Waals surface area contributed by atoms with Gasteiger partial charge in [0.1, 0.15) is 6.15 Å². The molecule has 0 atom stereocenters. The molecule has 1 aromatic heterocycles. The van der Waals surface area contributed by atoms with E-state index in [-0.39, 0.29) is 5.92 Å². The fourth-order valence-corrected chi connectivity index (χ4v) is 9.19. The van der Waals surface area contributed by atoms with Crippen LogP contribution in [0, 0.1) is 5.92 Å². The summed E-state index contributed by atoms with van der Waals surface area (Å²) in [5.74, 6) is 0.588. The van der Waals surface area contributed by atoms with E-state index in [0.717, 1.165) is 24.9 Å². The maximum atomic E-state index is 14.2. The molecule has 1 fully saturated rings. The second-order valence-electron chi connectivity index (χ2n) is 18.2. The van der Waals surface area contributed by atoms with Crippen molar-refractivity contribution in [2.24, 2.45) is 5.92 Å². The minimum Gasteiger partial charge on any atom is -0.294 e. The molecule has 2 nitrogen and oxygen atoms in total. The topological polar surface area (TPSA) is 20.9 Å². The lowest BCUT2D eigenvalue weighted by Crippen LogP contribution is -2.75. The van der Waals surface area contributed by atoms with Gasteiger partial charge in [-0.05, 0) is 37.1 Å². The number of ketones is 1. The molecule has 0 bridgehead atoms. The van der Waals surface area contributed by atoms with Gasteiger partial charge in [0, 0.05) is 29.2 Å². The van der Waals surface area contributed by atoms with Crippen LogP contribution in [0.4, 0.5) is 105 Å². The summed E-state index contributed by atoms with van der Waals surface area (Å²) < 4.78 is 343. The molecule has 1 aliphatic carbocycles. The van der Waals surface area contributed by atoms with Gasteiger partial charge in [-0.2, -0.15) is 127 Å². The first kappa shape index (κ1) is 60.5. The van der Waals surface area contributed by atoms with Crippen LogP contribution in [-0.2, 0) is 56.0 Å². The Kier molecular flexibility index (Phi) is 16.7. The van der Waals surface area contributed by atoms with Crippen LogP contribution in [0.1, 0.15) is 92.5 Å². The minimum absolute atomic E-state index is 0.253. The van der Waals surface area contributed by atoms with Crippen molar-refractivity contribution in [3.63, 3.8) is 0 Å². The Morgan fingerprint density at radius 2 is 0.628 bits per heavy atom. The molecule has 0 aliphatic heterocycles. The average Bonchev–Trinajstić information content (AvgIpc) is 3.37. The van der Waals surface area contributed by atoms with Crippen LogP contribution in [0.5, 0.6) is 0 Å². The Morgan fingerprint density at radius 1 is 0.372 bits per heavy atom. The predicted octanol–water partition coefficient (Wildman–Crippen LogP) is 15.0. The van der Waals surface area contributed by atoms with Crippen molar-refractivity contribution < 1.29 is 115 Å². The molecule has 1 saturated carbocycles. The van der Waals surface area contributed by atoms with Crippen LogP contribution in [0.3, 0.4) is 0 Å². The summed E-state index contributed by atoms with van der Waals surface area (Å²) in [5.41, 5.74) is -28.1. The summed E-state index contributed by atoms with van der Waals surface area (Å²) in [6.07, 6.45) is -44.9. The Morgan fingerprint density at radius 3 is 0.872 bits per heavy atom. The molecule has 6 aromatic rings. The van der Waals surface area contributed by atoms with Gasteiger partial charge in [-0.25, -0.2) is 4.57 Å². The van der Waals surface area contributed by atoms with Crippen molar-refractivity contribution in [1.29, 1.82) is 0 Å². The van der Waals surface area contributed by atoms with E-state index < -0.39 is 195 Å². The predicted molar refractivity (Wildman–Crippen MR) is 233 cm³/mol. The fourth-order valence-electron chi connectivity index (χ4n) is 9.19. The summed E-state index contributed by atoms with van der Waals surface area (Å²) in [5, 5.41) is 0. The lowest BCUT2D eigenvalue weighted by molar-refractivity contribution is -0.688. The number of benzene rings is 5. The van der Waals surface area contributed by atoms with Crippen molar-refractivity contribution in [3.05, 3.63) is 183 Å². The molecule has 0 radical (unpaired) electrons. The first-order valence-corrected chi connectivity index (χ1v) is 22.5. The summed E-state index contributed by atoms with van der Waals surface area (Å²) in [6, 6.07) is 5.50. The molecule has 420 valence electrons. The van der Waals surface area contributed by atoms with Gasteiger partial charge in [-0.15, -0.1) is 0 Å². The second-order valence-corrected chi connectivity index (χ2v) is 18.2. The zero-order valence-electron chi connectivity index (χ0n) is 38.9. The Labute approximate surface area is 425 Å². The van der Waals surface area contributed by atoms with Crippen molar-refractivity contribution in [1.82, 2.24) is 0 Å². The third kappa shape index (κ3) is 14.1. The van der Waals surface area contributed by atoms with E-state index in [0.29, 0.717) is 5.78 Å². The van der Waals surface area contributed by atoms with E-state index in [1.54, 1.807) is 0 Å². The van der Waals surface area contributed by atoms with Crippen LogP contribution in [0.15, 0.2) is 128 Å². The normalized spacial score (nSPS) is 14.7. The van der Waals surface area contributed by atoms with Gasteiger partial charge < -0.3 is 0 Å². The van der Waals surface area contributed by atoms with Crippen LogP contribution in [0.25, 0.3) is 0 Å². The van der Waals surface area contributed by atoms with Crippen LogP contribution in [0.2, 0.25) is 0 Å². The van der Waals surface area contributed by atoms with Crippen LogP contribution < -0.4 is 26.4 Å². The third-order valence-electron chi connectivity index (χ3n) is 12.8. The van der Waals surface area contributed by atoms with Gasteiger partial charge >= 0.3 is 49.4 Å². The summed E-state index contributed by atoms with van der Waals surface area (Å²) in [7, 11) is 0. The van der Waals surface area contributed by atoms with Gasteiger partial charge in [0.15, 0.2) is 24.7 Å². The number of pyridine rings is 1. The van der Waals surface area contributed by atoms with E-state index in [9.17, 15) is 110 Å². The molecule has 27 heteroatoms. The fraction of sp³-hybridized carbons (Fsp3) is 0.294. The lowest BCUT2D eigenvalue weighted by Gasteiger charge is -2.46. The highest BCUT2D eigenvalue weighted by molar-refractivity contribution is 7.20. The summed E-state index contributed by atoms with van der Waals surface area (Å²) in [4.78, 5) is 12.5. The maximum Gasteiger partial charge on any atom is 0.416 e. The van der Waals surface area contributed by atoms with E-state index in [1.165, 1.54) is 24.8 Å². The molecule has 5 aromatic carbocycles. The van der Waals surface area contributed by atoms with Gasteiger partial charge in [0.2, 0.25) is 0 Å². The molecule has 78 heavy (non-hydrogen) atoms. The summed E-state index contributed by atoms with van der Waals surface area (Å²) >= 11 is 0. The Hall–Kier alpha value is -6.70. The number of Topliss-reactive ketones (excluding diaryl/α,β-unsaturated/α-hetero) is 1. The number of nitrogens with zero attached hydrogens (tertiary/aromatic N) is 1. The van der Waals surface area contributed by atoms with Crippen molar-refractivity contribution in [2.75, 3.05) is 0 Å². The SMILES string of the molecule is FC(F)(F)c1cc([B-](c2cc(C(F)(F)F)cc(C(F)(F)F)c2)(c2cc(C(F)(F)F)cc(C(F)(F)F)c2)c2cc(C(F)(F)F)cc(C(F)(F)F)c2)cc(C(F)(F)F)c1.O=C(c1cc[n+](Cc2ccccc2)cc1)C1CCCCC1. The van der Waals surface area contributed by atoms with Crippen LogP contribution >= 0.6 is 0 Å². The van der Waals surface area contributed by atoms with Crippen molar-refractivity contribution >= 4 is 33.8 Å². The Bertz CT molecular complexity index is 2650. The first-order chi connectivity index (χ1) is 35.6. The largest absolute Gasteiger partial charge is 0.416 e. The van der Waals surface area contributed by atoms with Crippen molar-refractivity contribution in [3.8, 4) is 0 Å². The number of carbonyl (C=O) groups is 1. The molecule has 0 amide bonds. The zero-order chi connectivity index (χ0) is 58.4. The number of hydrogen-bond acceptors (Lipinski definition) is 1. The number of aromatic nitrogens is 1. The molecule has 1 aliphatic rings. The van der Waals surface area contributed by atoms with Gasteiger partial charge in [0.25, 0.3) is 0 Å². The lowest BCUT2D eigenvalue weighted by atomic mass is 9.12. The average molecular weight is 1140 g/mol. The number of halogens is 24. The van der Waals surface area contributed by atoms with E-state index in [4.69, 9.17) is 0 Å². The van der Waals surface area contributed by atoms with Gasteiger partial charge in [0.05, 0.1) is 44.5 Å². The highest BCUT2D eigenvalue weighted by Crippen LogP contribution is 2.41. The monoisotopic (exact) mass is 1140 g/mol. The van der Waals surface area contributed by atoms with E-state index >= 15 is 0 Å². The second kappa shape index (κ2) is 21.5. The molecular formula is C51H34BF24NO. The van der Waals surface area contributed by atoms with E-state index in [2.05, 4.69) is 28.8 Å². The third-order valence-corrected chi connectivity index (χ3v) is 12.8. The first-order valence-electron chi connectivity index (χ1n) is 22.5. The smallest absolute Gasteiger partial charge is 0.294 e. The number of alkyl halides is 24. The molecule has 0 spiro atoms. The van der Waals surface area contributed by atoms with Gasteiger partial charge in [-0.3, -0.25) is 4.79 Å². The standard InChI is InChI=1S/C32H12BF24.C19H22NO/c34-25(35,36)13-1-14(26(37,38)39)6-21(5-13)33(22-7-15(27(40,41)42)2-16(8-22)28(43,44)45,23-9-17(29(46,47)48)3-18(10-23)30(49,50)51)24-11-19(31(52,53)54)4-20(12-24)32(55,56)57;21-19(17-9-5-2-6-10-17)18-11-13-20(14-12-18)15-16-7-3-1-4-8-16/h1-12H;1,3-4,7-8,11-14,17H,2,5-6,9-10,15H2/q-1;+1. The summed E-state index contributed by atoms with van der Waals surface area (Å²) in [6.45, 7) is 0.846. The Balaban J connectivity index is 0.000000387. The number of carbonyl (C=O) groups excluding carboxylic acids is 1. The minimum atomic E-state index is -6.13. The maximum absolute atomic E-state index is 14.2. The molecular weight excluding hydrogens is 1110 g/mol. The molecule has 0 saturated heterocycles. The highest BCUT2D eigenvalue weighted by Gasteiger charge is 2.47. The van der Waals surface area contributed by atoms with Crippen molar-refractivity contribution in [2.45, 2.75) is 88.1 Å². The number of rotatable bonds is 8. The quantitative estimate of drug-likeness (QED) is 0.0644. The zero-order valence-corrected chi connectivity index (χ0v) is 38.9. The van der Waals surface area contributed by atoms with Crippen LogP contribution in [-0.4, -0.2) is 11.9 Å². The molecule has 1 heterocycles. The van der Waals surface area contributed by atoms with Gasteiger partial charge in [-0.1, -0.05) is 98.1 Å². The highest BCUT2D eigenvalue weighted by atomic mass is 19.4. The molecule has 7 rings (SSSR count). The number of hydrogen-bond donors (Lipinski definition) is 0.